The number of aryl methyl sites for hydroxylation is 3. The van der Waals surface area contributed by atoms with E-state index < -0.39 is 0 Å². The first kappa shape index (κ1) is 11.5. The van der Waals surface area contributed by atoms with E-state index in [2.05, 4.69) is 10.1 Å². The van der Waals surface area contributed by atoms with Crippen LogP contribution in [0.4, 0.5) is 0 Å². The molecule has 0 saturated carbocycles. The Morgan fingerprint density at radius 2 is 2.17 bits per heavy atom. The van der Waals surface area contributed by atoms with Gasteiger partial charge in [0.15, 0.2) is 5.82 Å². The third-order valence-corrected chi connectivity index (χ3v) is 3.62. The first-order chi connectivity index (χ1) is 8.58. The molecule has 0 aliphatic carbocycles. The lowest BCUT2D eigenvalue weighted by molar-refractivity contribution is 0.681. The monoisotopic (exact) mass is 264 g/mol. The maximum atomic E-state index is 12.2. The van der Waals surface area contributed by atoms with E-state index in [-0.39, 0.29) is 5.69 Å². The van der Waals surface area contributed by atoms with Crippen LogP contribution in [-0.2, 0) is 13.0 Å². The van der Waals surface area contributed by atoms with Gasteiger partial charge in [0.1, 0.15) is 5.82 Å². The molecule has 0 saturated heterocycles. The van der Waals surface area contributed by atoms with Crippen LogP contribution in [0.15, 0.2) is 10.9 Å². The highest BCUT2D eigenvalue weighted by Crippen LogP contribution is 2.19. The molecule has 2 aromatic rings. The maximum absolute atomic E-state index is 12.2. The largest absolute Gasteiger partial charge is 0.352 e. The van der Waals surface area contributed by atoms with Crippen LogP contribution in [0.5, 0.6) is 0 Å². The molecule has 0 bridgehead atoms. The van der Waals surface area contributed by atoms with Crippen molar-refractivity contribution in [2.24, 2.45) is 0 Å². The average molecular weight is 265 g/mol. The van der Waals surface area contributed by atoms with Crippen LogP contribution < -0.4 is 5.69 Å². The van der Waals surface area contributed by atoms with Crippen molar-refractivity contribution >= 4 is 11.6 Å². The number of rotatable bonds is 1. The lowest BCUT2D eigenvalue weighted by atomic mass is 10.2. The summed E-state index contributed by atoms with van der Waals surface area (Å²) in [5.74, 6) is 1.41. The molecule has 5 nitrogen and oxygen atoms in total. The molecule has 3 rings (SSSR count). The van der Waals surface area contributed by atoms with Gasteiger partial charge in [0, 0.05) is 13.0 Å². The number of aromatic nitrogens is 4. The summed E-state index contributed by atoms with van der Waals surface area (Å²) in [5.41, 5.74) is 1.45. The highest BCUT2D eigenvalue weighted by molar-refractivity contribution is 6.31. The number of hydrogen-bond acceptors (Lipinski definition) is 3. The summed E-state index contributed by atoms with van der Waals surface area (Å²) < 4.78 is 3.10. The Morgan fingerprint density at radius 1 is 1.39 bits per heavy atom. The minimum atomic E-state index is -0.111. The second-order valence-corrected chi connectivity index (χ2v) is 4.97. The minimum Gasteiger partial charge on any atom is -0.279 e. The Hall–Kier alpha value is -1.62. The van der Waals surface area contributed by atoms with Gasteiger partial charge in [-0.25, -0.2) is 9.78 Å². The van der Waals surface area contributed by atoms with Gasteiger partial charge in [0.05, 0.1) is 10.7 Å². The number of fused-ring (bicyclic) bond motifs is 1. The molecular weight excluding hydrogens is 252 g/mol. The highest BCUT2D eigenvalue weighted by atomic mass is 35.5. The minimum absolute atomic E-state index is 0.111. The van der Waals surface area contributed by atoms with E-state index >= 15 is 0 Å². The quantitative estimate of drug-likeness (QED) is 0.787. The van der Waals surface area contributed by atoms with Gasteiger partial charge >= 0.3 is 5.69 Å². The Balaban J connectivity index is 2.22. The van der Waals surface area contributed by atoms with E-state index in [1.54, 1.807) is 4.57 Å². The van der Waals surface area contributed by atoms with Gasteiger partial charge in [-0.3, -0.25) is 4.57 Å². The number of pyridine rings is 1. The second-order valence-electron chi connectivity index (χ2n) is 4.56. The summed E-state index contributed by atoms with van der Waals surface area (Å²) in [5, 5.41) is 4.96. The van der Waals surface area contributed by atoms with Gasteiger partial charge in [0.2, 0.25) is 0 Å². The van der Waals surface area contributed by atoms with Crippen molar-refractivity contribution in [1.82, 2.24) is 19.3 Å². The molecule has 0 aromatic carbocycles. The van der Waals surface area contributed by atoms with Gasteiger partial charge in [-0.15, -0.1) is 5.10 Å². The Kier molecular flexibility index (Phi) is 2.52. The molecule has 1 aliphatic heterocycles. The maximum Gasteiger partial charge on any atom is 0.352 e. The fourth-order valence-corrected chi connectivity index (χ4v) is 2.46. The van der Waals surface area contributed by atoms with Crippen molar-refractivity contribution in [3.05, 3.63) is 38.7 Å². The molecule has 94 valence electrons. The van der Waals surface area contributed by atoms with E-state index in [0.29, 0.717) is 16.5 Å². The number of hydrogen-bond donors (Lipinski definition) is 0. The van der Waals surface area contributed by atoms with Crippen molar-refractivity contribution in [1.29, 1.82) is 0 Å². The molecule has 0 unspecified atom stereocenters. The molecule has 0 N–H and O–H groups in total. The lowest BCUT2D eigenvalue weighted by Crippen LogP contribution is -2.24. The molecule has 0 radical (unpaired) electrons. The Labute approximate surface area is 109 Å². The van der Waals surface area contributed by atoms with Crippen LogP contribution in [0.2, 0.25) is 5.02 Å². The van der Waals surface area contributed by atoms with E-state index in [1.165, 1.54) is 4.68 Å². The molecule has 1 aliphatic rings. The highest BCUT2D eigenvalue weighted by Gasteiger charge is 2.20. The molecule has 0 spiro atoms. The van der Waals surface area contributed by atoms with Crippen LogP contribution in [0.3, 0.4) is 0 Å². The van der Waals surface area contributed by atoms with Crippen molar-refractivity contribution in [2.75, 3.05) is 0 Å². The molecular formula is C12H13ClN4O. The van der Waals surface area contributed by atoms with Crippen LogP contribution >= 0.6 is 11.6 Å². The summed E-state index contributed by atoms with van der Waals surface area (Å²) in [6, 6.07) is 1.82. The predicted molar refractivity (Wildman–Crippen MR) is 68.4 cm³/mol. The summed E-state index contributed by atoms with van der Waals surface area (Å²) in [4.78, 5) is 16.6. The van der Waals surface area contributed by atoms with Crippen LogP contribution in [-0.4, -0.2) is 19.3 Å². The topological polar surface area (TPSA) is 52.7 Å². The smallest absolute Gasteiger partial charge is 0.279 e. The molecule has 0 atom stereocenters. The second kappa shape index (κ2) is 3.95. The SMILES string of the molecule is Cc1cc(Cl)c(C)nc1-n1nc2n(c1=O)CCC2. The Morgan fingerprint density at radius 3 is 2.89 bits per heavy atom. The first-order valence-electron chi connectivity index (χ1n) is 5.91. The fraction of sp³-hybridized carbons (Fsp3) is 0.417. The van der Waals surface area contributed by atoms with Crippen LogP contribution in [0, 0.1) is 13.8 Å². The third kappa shape index (κ3) is 1.58. The van der Waals surface area contributed by atoms with Crippen molar-refractivity contribution < 1.29 is 0 Å². The zero-order valence-corrected chi connectivity index (χ0v) is 11.0. The summed E-state index contributed by atoms with van der Waals surface area (Å²) in [6.45, 7) is 4.45. The predicted octanol–water partition coefficient (Wildman–Crippen LogP) is 1.65. The van der Waals surface area contributed by atoms with E-state index in [0.717, 1.165) is 30.8 Å². The fourth-order valence-electron chi connectivity index (χ4n) is 2.25. The van der Waals surface area contributed by atoms with Gasteiger partial charge in [-0.2, -0.15) is 4.68 Å². The van der Waals surface area contributed by atoms with Crippen molar-refractivity contribution in [3.63, 3.8) is 0 Å². The number of halogens is 1. The van der Waals surface area contributed by atoms with Crippen molar-refractivity contribution in [2.45, 2.75) is 33.2 Å². The van der Waals surface area contributed by atoms with Gasteiger partial charge in [-0.05, 0) is 31.9 Å². The Bertz CT molecular complexity index is 686. The molecule has 6 heteroatoms. The third-order valence-electron chi connectivity index (χ3n) is 3.24. The lowest BCUT2D eigenvalue weighted by Gasteiger charge is -2.06. The summed E-state index contributed by atoms with van der Waals surface area (Å²) in [7, 11) is 0. The standard InChI is InChI=1S/C12H13ClN4O/c1-7-6-9(13)8(2)14-11(7)17-12(18)16-5-3-4-10(16)15-17/h6H,3-5H2,1-2H3. The summed E-state index contributed by atoms with van der Waals surface area (Å²) in [6.07, 6.45) is 1.85. The zero-order chi connectivity index (χ0) is 12.9. The zero-order valence-electron chi connectivity index (χ0n) is 10.3. The molecule has 2 aromatic heterocycles. The summed E-state index contributed by atoms with van der Waals surface area (Å²) >= 11 is 6.01. The molecule has 0 amide bonds. The van der Waals surface area contributed by atoms with Crippen molar-refractivity contribution in [3.8, 4) is 5.82 Å². The van der Waals surface area contributed by atoms with Gasteiger partial charge < -0.3 is 0 Å². The molecule has 0 fully saturated rings. The first-order valence-corrected chi connectivity index (χ1v) is 6.28. The van der Waals surface area contributed by atoms with E-state index in [1.807, 2.05) is 19.9 Å². The van der Waals surface area contributed by atoms with Crippen LogP contribution in [0.1, 0.15) is 23.5 Å². The van der Waals surface area contributed by atoms with E-state index in [4.69, 9.17) is 11.6 Å². The normalized spacial score (nSPS) is 13.9. The van der Waals surface area contributed by atoms with Gasteiger partial charge in [0.25, 0.3) is 0 Å². The van der Waals surface area contributed by atoms with Crippen LogP contribution in [0.25, 0.3) is 5.82 Å². The van der Waals surface area contributed by atoms with Gasteiger partial charge in [-0.1, -0.05) is 11.6 Å². The number of nitrogens with zero attached hydrogens (tertiary/aromatic N) is 4. The average Bonchev–Trinajstić information content (AvgIpc) is 2.88. The molecule has 18 heavy (non-hydrogen) atoms. The molecule has 3 heterocycles. The van der Waals surface area contributed by atoms with E-state index in [9.17, 15) is 4.79 Å².